The zero-order chi connectivity index (χ0) is 12.0. The number of hydrogen-bond acceptors (Lipinski definition) is 4. The minimum Gasteiger partial charge on any atom is -0.309 e. The number of rotatable bonds is 6. The molecule has 0 fully saturated rings. The summed E-state index contributed by atoms with van der Waals surface area (Å²) in [6, 6.07) is 3.91. The van der Waals surface area contributed by atoms with Crippen LogP contribution in [0.25, 0.3) is 0 Å². The van der Waals surface area contributed by atoms with Crippen molar-refractivity contribution in [1.82, 2.24) is 15.0 Å². The lowest BCUT2D eigenvalue weighted by molar-refractivity contribution is 0.566. The van der Waals surface area contributed by atoms with Crippen molar-refractivity contribution in [2.24, 2.45) is 0 Å². The van der Waals surface area contributed by atoms with Crippen molar-refractivity contribution in [3.63, 3.8) is 0 Å². The number of sulfonamides is 1. The average molecular weight is 243 g/mol. The highest BCUT2D eigenvalue weighted by molar-refractivity contribution is 7.89. The molecule has 16 heavy (non-hydrogen) atoms. The molecule has 0 aliphatic carbocycles. The van der Waals surface area contributed by atoms with E-state index in [-0.39, 0.29) is 11.8 Å². The van der Waals surface area contributed by atoms with E-state index in [1.54, 1.807) is 12.4 Å². The van der Waals surface area contributed by atoms with Gasteiger partial charge < -0.3 is 5.32 Å². The van der Waals surface area contributed by atoms with Crippen molar-refractivity contribution in [2.75, 3.05) is 19.3 Å². The highest BCUT2D eigenvalue weighted by Gasteiger charge is 2.08. The Morgan fingerprint density at radius 1 is 1.50 bits per heavy atom. The molecule has 0 saturated heterocycles. The summed E-state index contributed by atoms with van der Waals surface area (Å²) in [6.45, 7) is 2.39. The van der Waals surface area contributed by atoms with Gasteiger partial charge in [0.2, 0.25) is 10.0 Å². The monoisotopic (exact) mass is 243 g/mol. The van der Waals surface area contributed by atoms with Gasteiger partial charge in [0.15, 0.2) is 0 Å². The molecule has 6 heteroatoms. The zero-order valence-electron chi connectivity index (χ0n) is 9.47. The fourth-order valence-electron chi connectivity index (χ4n) is 1.26. The maximum absolute atomic E-state index is 11.2. The Labute approximate surface area is 96.3 Å². The third kappa shape index (κ3) is 4.26. The van der Waals surface area contributed by atoms with Crippen LogP contribution in [0.3, 0.4) is 0 Å². The smallest absolute Gasteiger partial charge is 0.212 e. The molecule has 0 spiro atoms. The van der Waals surface area contributed by atoms with Crippen LogP contribution in [-0.2, 0) is 10.0 Å². The molecule has 0 aromatic carbocycles. The largest absolute Gasteiger partial charge is 0.309 e. The number of aromatic nitrogens is 1. The maximum Gasteiger partial charge on any atom is 0.212 e. The molecule has 0 aliphatic rings. The van der Waals surface area contributed by atoms with Crippen molar-refractivity contribution in [3.05, 3.63) is 30.1 Å². The second kappa shape index (κ2) is 5.93. The maximum atomic E-state index is 11.2. The van der Waals surface area contributed by atoms with E-state index >= 15 is 0 Å². The summed E-state index contributed by atoms with van der Waals surface area (Å²) in [7, 11) is -1.71. The minimum atomic E-state index is -3.13. The third-order valence-corrected chi connectivity index (χ3v) is 3.68. The molecule has 1 rings (SSSR count). The van der Waals surface area contributed by atoms with Gasteiger partial charge >= 0.3 is 0 Å². The molecule has 1 aromatic rings. The number of nitrogens with zero attached hydrogens (tertiary/aromatic N) is 1. The van der Waals surface area contributed by atoms with Crippen molar-refractivity contribution >= 4 is 10.0 Å². The van der Waals surface area contributed by atoms with Crippen molar-refractivity contribution in [2.45, 2.75) is 13.0 Å². The third-order valence-electron chi connectivity index (χ3n) is 2.32. The minimum absolute atomic E-state index is 0.0775. The lowest BCUT2D eigenvalue weighted by atomic mass is 10.1. The normalized spacial score (nSPS) is 13.6. The molecular formula is C10H17N3O2S. The van der Waals surface area contributed by atoms with Gasteiger partial charge in [-0.2, -0.15) is 0 Å². The first-order chi connectivity index (χ1) is 7.55. The second-order valence-corrected chi connectivity index (χ2v) is 5.53. The molecule has 1 aromatic heterocycles. The SMILES string of the molecule is CNS(=O)(=O)CCNC(C)c1cccnc1. The summed E-state index contributed by atoms with van der Waals surface area (Å²) in [6.07, 6.45) is 3.48. The van der Waals surface area contributed by atoms with Crippen LogP contribution in [-0.4, -0.2) is 32.7 Å². The van der Waals surface area contributed by atoms with E-state index in [0.29, 0.717) is 6.54 Å². The first kappa shape index (κ1) is 13.1. The average Bonchev–Trinajstić information content (AvgIpc) is 2.30. The van der Waals surface area contributed by atoms with Gasteiger partial charge in [-0.1, -0.05) is 6.07 Å². The molecule has 0 amide bonds. The molecule has 1 heterocycles. The Morgan fingerprint density at radius 2 is 2.25 bits per heavy atom. The van der Waals surface area contributed by atoms with Gasteiger partial charge in [-0.15, -0.1) is 0 Å². The lowest BCUT2D eigenvalue weighted by Gasteiger charge is -2.13. The fourth-order valence-corrected chi connectivity index (χ4v) is 1.85. The highest BCUT2D eigenvalue weighted by Crippen LogP contribution is 2.08. The van der Waals surface area contributed by atoms with E-state index < -0.39 is 10.0 Å². The van der Waals surface area contributed by atoms with Crippen LogP contribution >= 0.6 is 0 Å². The van der Waals surface area contributed by atoms with E-state index in [4.69, 9.17) is 0 Å². The van der Waals surface area contributed by atoms with Crippen molar-refractivity contribution in [3.8, 4) is 0 Å². The van der Waals surface area contributed by atoms with Gasteiger partial charge in [0.1, 0.15) is 0 Å². The summed E-state index contributed by atoms with van der Waals surface area (Å²) in [5.41, 5.74) is 1.05. The molecule has 0 radical (unpaired) electrons. The molecule has 0 bridgehead atoms. The summed E-state index contributed by atoms with van der Waals surface area (Å²) in [5.74, 6) is 0.0775. The lowest BCUT2D eigenvalue weighted by Crippen LogP contribution is -2.30. The Morgan fingerprint density at radius 3 is 2.81 bits per heavy atom. The molecule has 0 saturated carbocycles. The van der Waals surface area contributed by atoms with Crippen LogP contribution in [0, 0.1) is 0 Å². The van der Waals surface area contributed by atoms with Crippen LogP contribution in [0.4, 0.5) is 0 Å². The summed E-state index contributed by atoms with van der Waals surface area (Å²) in [5, 5.41) is 3.13. The van der Waals surface area contributed by atoms with Crippen LogP contribution in [0.1, 0.15) is 18.5 Å². The topological polar surface area (TPSA) is 71.1 Å². The van der Waals surface area contributed by atoms with E-state index in [1.807, 2.05) is 19.1 Å². The fraction of sp³-hybridized carbons (Fsp3) is 0.500. The molecule has 0 aliphatic heterocycles. The predicted octanol–water partition coefficient (Wildman–Crippen LogP) is 0.281. The quantitative estimate of drug-likeness (QED) is 0.753. The van der Waals surface area contributed by atoms with Gasteiger partial charge in [-0.25, -0.2) is 13.1 Å². The molecule has 1 atom stereocenters. The van der Waals surface area contributed by atoms with Crippen molar-refractivity contribution in [1.29, 1.82) is 0 Å². The zero-order valence-corrected chi connectivity index (χ0v) is 10.3. The number of hydrogen-bond donors (Lipinski definition) is 2. The van der Waals surface area contributed by atoms with Crippen LogP contribution in [0.15, 0.2) is 24.5 Å². The van der Waals surface area contributed by atoms with E-state index in [0.717, 1.165) is 5.56 Å². The van der Waals surface area contributed by atoms with Gasteiger partial charge in [0.25, 0.3) is 0 Å². The molecular weight excluding hydrogens is 226 g/mol. The molecule has 1 unspecified atom stereocenters. The highest BCUT2D eigenvalue weighted by atomic mass is 32.2. The van der Waals surface area contributed by atoms with Crippen LogP contribution in [0.5, 0.6) is 0 Å². The Hall–Kier alpha value is -0.980. The Bertz CT molecular complexity index is 405. The van der Waals surface area contributed by atoms with E-state index in [2.05, 4.69) is 15.0 Å². The van der Waals surface area contributed by atoms with Crippen LogP contribution in [0.2, 0.25) is 0 Å². The Kier molecular flexibility index (Phi) is 4.85. The van der Waals surface area contributed by atoms with Crippen molar-refractivity contribution < 1.29 is 8.42 Å². The number of pyridine rings is 1. The first-order valence-corrected chi connectivity index (χ1v) is 6.75. The predicted molar refractivity (Wildman–Crippen MR) is 63.5 cm³/mol. The standard InChI is InChI=1S/C10H17N3O2S/c1-9(10-4-3-5-12-8-10)13-6-7-16(14,15)11-2/h3-5,8-9,11,13H,6-7H2,1-2H3. The summed E-state index contributed by atoms with van der Waals surface area (Å²) < 4.78 is 24.6. The molecule has 5 nitrogen and oxygen atoms in total. The first-order valence-electron chi connectivity index (χ1n) is 5.09. The van der Waals surface area contributed by atoms with E-state index in [1.165, 1.54) is 7.05 Å². The van der Waals surface area contributed by atoms with Gasteiger partial charge in [-0.05, 0) is 25.6 Å². The van der Waals surface area contributed by atoms with Crippen LogP contribution < -0.4 is 10.0 Å². The number of nitrogens with one attached hydrogen (secondary N) is 2. The van der Waals surface area contributed by atoms with Gasteiger partial charge in [0, 0.05) is 25.0 Å². The van der Waals surface area contributed by atoms with Gasteiger partial charge in [-0.3, -0.25) is 4.98 Å². The van der Waals surface area contributed by atoms with Gasteiger partial charge in [0.05, 0.1) is 5.75 Å². The molecule has 2 N–H and O–H groups in total. The van der Waals surface area contributed by atoms with E-state index in [9.17, 15) is 8.42 Å². The summed E-state index contributed by atoms with van der Waals surface area (Å²) >= 11 is 0. The summed E-state index contributed by atoms with van der Waals surface area (Å²) in [4.78, 5) is 4.01. The molecule has 90 valence electrons. The second-order valence-electron chi connectivity index (χ2n) is 3.49. The Balaban J connectivity index is 2.40.